The molecule has 0 bridgehead atoms. The van der Waals surface area contributed by atoms with Gasteiger partial charge in [-0.05, 0) is 12.1 Å². The Morgan fingerprint density at radius 1 is 1.00 bits per heavy atom. The molecular formula is C14H20O7. The van der Waals surface area contributed by atoms with E-state index in [1.807, 2.05) is 18.2 Å². The molecule has 0 radical (unpaired) electrons. The van der Waals surface area contributed by atoms with E-state index in [-0.39, 0.29) is 13.2 Å². The minimum absolute atomic E-state index is 0.105. The number of hydrogen-bond donors (Lipinski definition) is 4. The molecule has 7 nitrogen and oxygen atoms in total. The Bertz CT molecular complexity index is 413. The fraction of sp³-hybridized carbons (Fsp3) is 0.571. The number of benzene rings is 1. The summed E-state index contributed by atoms with van der Waals surface area (Å²) in [6.45, 7) is -0.174. The zero-order valence-electron chi connectivity index (χ0n) is 11.4. The number of hydrogen-bond acceptors (Lipinski definition) is 7. The first-order chi connectivity index (χ1) is 10.1. The van der Waals surface area contributed by atoms with Crippen LogP contribution in [0.4, 0.5) is 0 Å². The van der Waals surface area contributed by atoms with Crippen molar-refractivity contribution in [1.29, 1.82) is 0 Å². The van der Waals surface area contributed by atoms with Gasteiger partial charge in [-0.3, -0.25) is 0 Å². The van der Waals surface area contributed by atoms with Crippen molar-refractivity contribution >= 4 is 0 Å². The zero-order valence-corrected chi connectivity index (χ0v) is 11.4. The molecule has 1 saturated heterocycles. The Balaban J connectivity index is 1.77. The van der Waals surface area contributed by atoms with Crippen LogP contribution in [0.3, 0.4) is 0 Å². The van der Waals surface area contributed by atoms with E-state index in [1.54, 1.807) is 12.1 Å². The lowest BCUT2D eigenvalue weighted by atomic mass is 9.99. The maximum atomic E-state index is 9.86. The number of aliphatic hydroxyl groups is 4. The Hall–Kier alpha value is -1.22. The molecule has 0 aromatic heterocycles. The topological polar surface area (TPSA) is 109 Å². The summed E-state index contributed by atoms with van der Waals surface area (Å²) in [6, 6.07) is 9.13. The van der Waals surface area contributed by atoms with Crippen molar-refractivity contribution in [2.45, 2.75) is 30.7 Å². The second-order valence-electron chi connectivity index (χ2n) is 4.73. The van der Waals surface area contributed by atoms with Gasteiger partial charge in [0.2, 0.25) is 0 Å². The molecule has 21 heavy (non-hydrogen) atoms. The van der Waals surface area contributed by atoms with Crippen LogP contribution < -0.4 is 4.74 Å². The first-order valence-corrected chi connectivity index (χ1v) is 6.73. The SMILES string of the molecule is OC[C@H]1O[C@@H](O)[C@H](OCCOc2ccccc2)[C@@H](O)[C@H]1O. The third kappa shape index (κ3) is 4.13. The Kier molecular flexibility index (Phi) is 5.92. The average molecular weight is 300 g/mol. The van der Waals surface area contributed by atoms with Crippen LogP contribution in [-0.4, -0.2) is 71.0 Å². The lowest BCUT2D eigenvalue weighted by molar-refractivity contribution is -0.296. The van der Waals surface area contributed by atoms with Gasteiger partial charge in [0.15, 0.2) is 6.29 Å². The van der Waals surface area contributed by atoms with Crippen molar-refractivity contribution in [3.63, 3.8) is 0 Å². The van der Waals surface area contributed by atoms with E-state index in [0.29, 0.717) is 5.75 Å². The number of aliphatic hydroxyl groups excluding tert-OH is 4. The Labute approximate surface area is 122 Å². The van der Waals surface area contributed by atoms with Gasteiger partial charge in [0, 0.05) is 0 Å². The molecule has 1 fully saturated rings. The molecule has 0 spiro atoms. The van der Waals surface area contributed by atoms with Crippen LogP contribution in [0.25, 0.3) is 0 Å². The van der Waals surface area contributed by atoms with Crippen molar-refractivity contribution in [3.05, 3.63) is 30.3 Å². The summed E-state index contributed by atoms with van der Waals surface area (Å²) in [5.41, 5.74) is 0. The van der Waals surface area contributed by atoms with Crippen molar-refractivity contribution < 1.29 is 34.6 Å². The summed E-state index contributed by atoms with van der Waals surface area (Å²) in [6.07, 6.45) is -6.21. The maximum absolute atomic E-state index is 9.86. The first-order valence-electron chi connectivity index (χ1n) is 6.73. The quantitative estimate of drug-likeness (QED) is 0.493. The summed E-state index contributed by atoms with van der Waals surface area (Å²) < 4.78 is 15.7. The van der Waals surface area contributed by atoms with Gasteiger partial charge < -0.3 is 34.6 Å². The standard InChI is InChI=1S/C14H20O7/c15-8-10-11(16)12(17)13(14(18)21-10)20-7-6-19-9-4-2-1-3-5-9/h1-5,10-18H,6-8H2/t10-,11+,12+,13-,14-/m1/s1. The molecule has 1 aromatic carbocycles. The van der Waals surface area contributed by atoms with Gasteiger partial charge in [-0.25, -0.2) is 0 Å². The third-order valence-corrected chi connectivity index (χ3v) is 3.25. The molecule has 5 atom stereocenters. The van der Waals surface area contributed by atoms with Crippen LogP contribution in [-0.2, 0) is 9.47 Å². The van der Waals surface area contributed by atoms with Crippen LogP contribution in [0, 0.1) is 0 Å². The molecule has 0 amide bonds. The predicted octanol–water partition coefficient (Wildman–Crippen LogP) is -1.12. The minimum atomic E-state index is -1.42. The molecule has 1 aromatic rings. The minimum Gasteiger partial charge on any atom is -0.491 e. The fourth-order valence-electron chi connectivity index (χ4n) is 2.11. The van der Waals surface area contributed by atoms with E-state index in [1.165, 1.54) is 0 Å². The molecule has 7 heteroatoms. The molecular weight excluding hydrogens is 280 g/mol. The van der Waals surface area contributed by atoms with E-state index in [4.69, 9.17) is 19.3 Å². The molecule has 118 valence electrons. The van der Waals surface area contributed by atoms with Gasteiger partial charge in [-0.15, -0.1) is 0 Å². The number of para-hydroxylation sites is 1. The zero-order chi connectivity index (χ0) is 15.2. The van der Waals surface area contributed by atoms with Gasteiger partial charge >= 0.3 is 0 Å². The fourth-order valence-corrected chi connectivity index (χ4v) is 2.11. The Morgan fingerprint density at radius 2 is 1.71 bits per heavy atom. The van der Waals surface area contributed by atoms with Crippen LogP contribution in [0.1, 0.15) is 0 Å². The van der Waals surface area contributed by atoms with E-state index >= 15 is 0 Å². The lowest BCUT2D eigenvalue weighted by Crippen LogP contribution is -2.59. The predicted molar refractivity (Wildman–Crippen MR) is 71.7 cm³/mol. The summed E-state index contributed by atoms with van der Waals surface area (Å²) in [4.78, 5) is 0. The van der Waals surface area contributed by atoms with E-state index < -0.39 is 37.3 Å². The van der Waals surface area contributed by atoms with Gasteiger partial charge in [0.1, 0.15) is 36.8 Å². The number of ether oxygens (including phenoxy) is 3. The van der Waals surface area contributed by atoms with E-state index in [2.05, 4.69) is 0 Å². The van der Waals surface area contributed by atoms with Crippen LogP contribution in [0.5, 0.6) is 5.75 Å². The molecule has 1 heterocycles. The first kappa shape index (κ1) is 16.2. The smallest absolute Gasteiger partial charge is 0.184 e. The highest BCUT2D eigenvalue weighted by Gasteiger charge is 2.44. The molecule has 0 saturated carbocycles. The maximum Gasteiger partial charge on any atom is 0.184 e. The molecule has 2 rings (SSSR count). The molecule has 0 unspecified atom stereocenters. The van der Waals surface area contributed by atoms with Crippen LogP contribution in [0.2, 0.25) is 0 Å². The third-order valence-electron chi connectivity index (χ3n) is 3.25. The second-order valence-corrected chi connectivity index (χ2v) is 4.73. The highest BCUT2D eigenvalue weighted by Crippen LogP contribution is 2.22. The average Bonchev–Trinajstić information content (AvgIpc) is 2.51. The van der Waals surface area contributed by atoms with Gasteiger partial charge in [0.25, 0.3) is 0 Å². The van der Waals surface area contributed by atoms with Crippen LogP contribution in [0.15, 0.2) is 30.3 Å². The molecule has 0 aliphatic carbocycles. The molecule has 1 aliphatic rings. The van der Waals surface area contributed by atoms with Gasteiger partial charge in [0.05, 0.1) is 13.2 Å². The van der Waals surface area contributed by atoms with Crippen LogP contribution >= 0.6 is 0 Å². The second kappa shape index (κ2) is 7.69. The van der Waals surface area contributed by atoms with Gasteiger partial charge in [-0.1, -0.05) is 18.2 Å². The Morgan fingerprint density at radius 3 is 2.38 bits per heavy atom. The normalized spacial score (nSPS) is 32.9. The summed E-state index contributed by atoms with van der Waals surface area (Å²) >= 11 is 0. The van der Waals surface area contributed by atoms with Crippen molar-refractivity contribution in [3.8, 4) is 5.75 Å². The number of rotatable bonds is 6. The van der Waals surface area contributed by atoms with E-state index in [0.717, 1.165) is 0 Å². The molecule has 4 N–H and O–H groups in total. The van der Waals surface area contributed by atoms with Crippen molar-refractivity contribution in [1.82, 2.24) is 0 Å². The summed E-state index contributed by atoms with van der Waals surface area (Å²) in [5.74, 6) is 0.683. The largest absolute Gasteiger partial charge is 0.491 e. The summed E-state index contributed by atoms with van der Waals surface area (Å²) in [7, 11) is 0. The highest BCUT2D eigenvalue weighted by atomic mass is 16.7. The summed E-state index contributed by atoms with van der Waals surface area (Å²) in [5, 5.41) is 38.2. The van der Waals surface area contributed by atoms with Gasteiger partial charge in [-0.2, -0.15) is 0 Å². The van der Waals surface area contributed by atoms with Crippen molar-refractivity contribution in [2.24, 2.45) is 0 Å². The lowest BCUT2D eigenvalue weighted by Gasteiger charge is -2.39. The molecule has 1 aliphatic heterocycles. The van der Waals surface area contributed by atoms with E-state index in [9.17, 15) is 15.3 Å². The monoisotopic (exact) mass is 300 g/mol. The highest BCUT2D eigenvalue weighted by molar-refractivity contribution is 5.20. The van der Waals surface area contributed by atoms with Crippen molar-refractivity contribution in [2.75, 3.05) is 19.8 Å².